The van der Waals surface area contributed by atoms with Gasteiger partial charge in [0.2, 0.25) is 5.95 Å². The molecular weight excluding hydrogens is 382 g/mol. The number of nitrogens with one attached hydrogen (secondary N) is 1. The van der Waals surface area contributed by atoms with Crippen molar-refractivity contribution in [3.05, 3.63) is 64.9 Å². The molecule has 0 fully saturated rings. The monoisotopic (exact) mass is 407 g/mol. The Kier molecular flexibility index (Phi) is 5.46. The minimum Gasteiger partial charge on any atom is -0.496 e. The van der Waals surface area contributed by atoms with Crippen molar-refractivity contribution < 1.29 is 19.0 Å². The van der Waals surface area contributed by atoms with Gasteiger partial charge in [-0.3, -0.25) is 4.57 Å². The van der Waals surface area contributed by atoms with Gasteiger partial charge in [-0.05, 0) is 43.2 Å². The minimum absolute atomic E-state index is 0.188. The van der Waals surface area contributed by atoms with Crippen LogP contribution in [0.15, 0.2) is 53.7 Å². The molecule has 1 aliphatic rings. The molecule has 1 unspecified atom stereocenters. The topological polar surface area (TPSA) is 74.6 Å². The second-order valence-electron chi connectivity index (χ2n) is 7.16. The first-order chi connectivity index (χ1) is 14.6. The Morgan fingerprint density at radius 3 is 2.67 bits per heavy atom. The molecule has 2 aromatic carbocycles. The number of aromatic nitrogens is 2. The number of anilines is 1. The molecule has 0 amide bonds. The van der Waals surface area contributed by atoms with E-state index in [2.05, 4.69) is 9.88 Å². The zero-order valence-corrected chi connectivity index (χ0v) is 17.6. The first-order valence-corrected chi connectivity index (χ1v) is 9.81. The minimum atomic E-state index is -0.404. The maximum Gasteiger partial charge on any atom is 0.338 e. The smallest absolute Gasteiger partial charge is 0.338 e. The highest BCUT2D eigenvalue weighted by molar-refractivity contribution is 5.94. The third kappa shape index (κ3) is 3.31. The Bertz CT molecular complexity index is 1130. The van der Waals surface area contributed by atoms with Crippen LogP contribution in [0.25, 0.3) is 11.0 Å². The Morgan fingerprint density at radius 1 is 1.10 bits per heavy atom. The largest absolute Gasteiger partial charge is 0.496 e. The van der Waals surface area contributed by atoms with Crippen LogP contribution in [0, 0.1) is 6.92 Å². The maximum atomic E-state index is 13.2. The molecule has 1 N–H and O–H groups in total. The van der Waals surface area contributed by atoms with Gasteiger partial charge in [0.15, 0.2) is 0 Å². The fourth-order valence-electron chi connectivity index (χ4n) is 3.97. The molecule has 1 aromatic heterocycles. The number of esters is 1. The summed E-state index contributed by atoms with van der Waals surface area (Å²) in [5.41, 5.74) is 4.96. The molecule has 0 radical (unpaired) electrons. The first-order valence-electron chi connectivity index (χ1n) is 9.81. The average molecular weight is 407 g/mol. The van der Waals surface area contributed by atoms with Gasteiger partial charge in [0.05, 0.1) is 36.4 Å². The van der Waals surface area contributed by atoms with Crippen LogP contribution in [-0.4, -0.2) is 43.0 Å². The molecule has 7 nitrogen and oxygen atoms in total. The van der Waals surface area contributed by atoms with Crippen molar-refractivity contribution in [1.29, 1.82) is 0 Å². The number of fused-ring (bicyclic) bond motifs is 3. The van der Waals surface area contributed by atoms with Crippen LogP contribution >= 0.6 is 0 Å². The zero-order chi connectivity index (χ0) is 21.3. The number of nitrogens with zero attached hydrogens (tertiary/aromatic N) is 2. The van der Waals surface area contributed by atoms with E-state index in [9.17, 15) is 4.79 Å². The summed E-state index contributed by atoms with van der Waals surface area (Å²) in [6.07, 6.45) is 0. The highest BCUT2D eigenvalue weighted by Gasteiger charge is 2.36. The summed E-state index contributed by atoms with van der Waals surface area (Å²) in [7, 11) is 3.22. The summed E-state index contributed by atoms with van der Waals surface area (Å²) in [5, 5.41) is 3.29. The van der Waals surface area contributed by atoms with Crippen molar-refractivity contribution in [3.63, 3.8) is 0 Å². The number of carbonyl (C=O) groups excluding carboxylic acids is 1. The van der Waals surface area contributed by atoms with Crippen LogP contribution < -0.4 is 10.1 Å². The quantitative estimate of drug-likeness (QED) is 0.494. The standard InChI is InChI=1S/C23H25N3O4/c1-14-16(8-7-11-19(14)29-4)21-20(22(27)30-13-12-28-3)15(2)24-23-25-17-9-5-6-10-18(17)26(21)23/h5-11,21H,12-13H2,1-4H3,(H,24,25). The van der Waals surface area contributed by atoms with Crippen molar-refractivity contribution in [2.24, 2.45) is 0 Å². The van der Waals surface area contributed by atoms with Crippen molar-refractivity contribution >= 4 is 23.0 Å². The molecule has 1 aliphatic heterocycles. The van der Waals surface area contributed by atoms with Crippen LogP contribution in [0.3, 0.4) is 0 Å². The van der Waals surface area contributed by atoms with Gasteiger partial charge in [0, 0.05) is 12.8 Å². The number of benzene rings is 2. The fourth-order valence-corrected chi connectivity index (χ4v) is 3.97. The highest BCUT2D eigenvalue weighted by Crippen LogP contribution is 2.41. The Morgan fingerprint density at radius 2 is 1.90 bits per heavy atom. The summed E-state index contributed by atoms with van der Waals surface area (Å²) < 4.78 is 18.1. The van der Waals surface area contributed by atoms with Crippen LogP contribution in [0.1, 0.15) is 24.1 Å². The van der Waals surface area contributed by atoms with E-state index >= 15 is 0 Å². The molecule has 7 heteroatoms. The van der Waals surface area contributed by atoms with E-state index in [1.54, 1.807) is 14.2 Å². The molecule has 0 saturated carbocycles. The lowest BCUT2D eigenvalue weighted by Crippen LogP contribution is -2.30. The zero-order valence-electron chi connectivity index (χ0n) is 17.6. The lowest BCUT2D eigenvalue weighted by molar-refractivity contribution is -0.140. The van der Waals surface area contributed by atoms with Gasteiger partial charge < -0.3 is 19.5 Å². The molecule has 2 heterocycles. The number of hydrogen-bond donors (Lipinski definition) is 1. The predicted molar refractivity (Wildman–Crippen MR) is 115 cm³/mol. The third-order valence-corrected chi connectivity index (χ3v) is 5.41. The lowest BCUT2D eigenvalue weighted by atomic mass is 9.91. The predicted octanol–water partition coefficient (Wildman–Crippen LogP) is 3.83. The summed E-state index contributed by atoms with van der Waals surface area (Å²) in [6, 6.07) is 13.3. The van der Waals surface area contributed by atoms with Gasteiger partial charge in [0.1, 0.15) is 12.4 Å². The number of allylic oxidation sites excluding steroid dienone is 1. The second-order valence-corrected chi connectivity index (χ2v) is 7.16. The highest BCUT2D eigenvalue weighted by atomic mass is 16.6. The first kappa shape index (κ1) is 20.0. The van der Waals surface area contributed by atoms with E-state index in [-0.39, 0.29) is 12.6 Å². The van der Waals surface area contributed by atoms with Crippen LogP contribution in [0.2, 0.25) is 0 Å². The van der Waals surface area contributed by atoms with Crippen LogP contribution in [0.5, 0.6) is 5.75 Å². The Hall–Kier alpha value is -3.32. The van der Waals surface area contributed by atoms with Crippen molar-refractivity contribution in [1.82, 2.24) is 9.55 Å². The second kappa shape index (κ2) is 8.20. The van der Waals surface area contributed by atoms with E-state index in [4.69, 9.17) is 19.2 Å². The van der Waals surface area contributed by atoms with Crippen molar-refractivity contribution in [2.75, 3.05) is 32.8 Å². The maximum absolute atomic E-state index is 13.2. The van der Waals surface area contributed by atoms with Gasteiger partial charge in [-0.25, -0.2) is 9.78 Å². The number of imidazole rings is 1. The number of para-hydroxylation sites is 2. The lowest BCUT2D eigenvalue weighted by Gasteiger charge is -2.31. The average Bonchev–Trinajstić information content (AvgIpc) is 3.11. The fraction of sp³-hybridized carbons (Fsp3) is 0.304. The van der Waals surface area contributed by atoms with Crippen molar-refractivity contribution in [3.8, 4) is 5.75 Å². The molecule has 1 atom stereocenters. The molecule has 0 bridgehead atoms. The summed E-state index contributed by atoms with van der Waals surface area (Å²) in [6.45, 7) is 4.40. The number of rotatable bonds is 6. The van der Waals surface area contributed by atoms with E-state index in [1.807, 2.05) is 56.3 Å². The van der Waals surface area contributed by atoms with Gasteiger partial charge in [-0.1, -0.05) is 24.3 Å². The van der Waals surface area contributed by atoms with Gasteiger partial charge in [0.25, 0.3) is 0 Å². The molecule has 0 spiro atoms. The SMILES string of the molecule is COCCOC(=O)C1=C(C)Nc2nc3ccccc3n2C1c1cccc(OC)c1C. The molecule has 0 aliphatic carbocycles. The number of methoxy groups -OCH3 is 2. The Labute approximate surface area is 175 Å². The van der Waals surface area contributed by atoms with Crippen molar-refractivity contribution in [2.45, 2.75) is 19.9 Å². The normalized spacial score (nSPS) is 15.7. The van der Waals surface area contributed by atoms with E-state index in [1.165, 1.54) is 0 Å². The van der Waals surface area contributed by atoms with Gasteiger partial charge in [-0.2, -0.15) is 0 Å². The van der Waals surface area contributed by atoms with Gasteiger partial charge >= 0.3 is 5.97 Å². The Balaban J connectivity index is 1.92. The molecule has 30 heavy (non-hydrogen) atoms. The number of hydrogen-bond acceptors (Lipinski definition) is 6. The van der Waals surface area contributed by atoms with E-state index in [0.717, 1.165) is 27.9 Å². The third-order valence-electron chi connectivity index (χ3n) is 5.41. The molecular formula is C23H25N3O4. The van der Waals surface area contributed by atoms with E-state index < -0.39 is 6.04 Å². The van der Waals surface area contributed by atoms with Gasteiger partial charge in [-0.15, -0.1) is 0 Å². The summed E-state index contributed by atoms with van der Waals surface area (Å²) in [5.74, 6) is 1.07. The van der Waals surface area contributed by atoms with E-state index in [0.29, 0.717) is 23.8 Å². The van der Waals surface area contributed by atoms with Crippen LogP contribution in [-0.2, 0) is 14.3 Å². The molecule has 3 aromatic rings. The number of ether oxygens (including phenoxy) is 3. The molecule has 0 saturated heterocycles. The molecule has 156 valence electrons. The summed E-state index contributed by atoms with van der Waals surface area (Å²) in [4.78, 5) is 17.9. The molecule has 4 rings (SSSR count). The van der Waals surface area contributed by atoms with Crippen LogP contribution in [0.4, 0.5) is 5.95 Å². The number of carbonyl (C=O) groups is 1. The summed E-state index contributed by atoms with van der Waals surface area (Å²) >= 11 is 0.